The predicted molar refractivity (Wildman–Crippen MR) is 98.6 cm³/mol. The summed E-state index contributed by atoms with van der Waals surface area (Å²) < 4.78 is 16.6. The summed E-state index contributed by atoms with van der Waals surface area (Å²) in [6.07, 6.45) is 3.83. The van der Waals surface area contributed by atoms with Gasteiger partial charge in [0.2, 0.25) is 0 Å². The van der Waals surface area contributed by atoms with Crippen LogP contribution in [0.1, 0.15) is 25.3 Å². The van der Waals surface area contributed by atoms with Gasteiger partial charge < -0.3 is 10.3 Å². The molecule has 126 valence electrons. The third-order valence-corrected chi connectivity index (χ3v) is 4.98. The smallest absolute Gasteiger partial charge is 0.191 e. The van der Waals surface area contributed by atoms with Gasteiger partial charge in [-0.25, -0.2) is 19.3 Å². The first-order chi connectivity index (χ1) is 11.6. The van der Waals surface area contributed by atoms with Gasteiger partial charge >= 0.3 is 0 Å². The number of thioether (sulfide) groups is 1. The quantitative estimate of drug-likeness (QED) is 0.374. The van der Waals surface area contributed by atoms with Gasteiger partial charge in [-0.1, -0.05) is 47.1 Å². The van der Waals surface area contributed by atoms with Crippen LogP contribution in [0, 0.1) is 5.82 Å². The van der Waals surface area contributed by atoms with Gasteiger partial charge in [0, 0.05) is 15.8 Å². The van der Waals surface area contributed by atoms with E-state index in [1.807, 2.05) is 6.07 Å². The van der Waals surface area contributed by atoms with Gasteiger partial charge in [-0.3, -0.25) is 0 Å². The number of fused-ring (bicyclic) bond motifs is 1. The molecule has 0 aliphatic carbocycles. The van der Waals surface area contributed by atoms with E-state index >= 15 is 0 Å². The van der Waals surface area contributed by atoms with Crippen molar-refractivity contribution in [3.05, 3.63) is 40.4 Å². The molecular weight excluding hydrogens is 393 g/mol. The molecule has 0 fully saturated rings. The molecule has 0 spiro atoms. The van der Waals surface area contributed by atoms with Crippen LogP contribution in [0.2, 0.25) is 0 Å². The van der Waals surface area contributed by atoms with E-state index in [1.54, 1.807) is 28.7 Å². The SMILES string of the molecule is CCCCSc1nc(N)c2ncn(Cc3ccc(Br)cc3F)c2n1. The lowest BCUT2D eigenvalue weighted by Crippen LogP contribution is -2.04. The third kappa shape index (κ3) is 3.70. The van der Waals surface area contributed by atoms with Crippen molar-refractivity contribution in [3.63, 3.8) is 0 Å². The van der Waals surface area contributed by atoms with E-state index in [1.165, 1.54) is 6.07 Å². The number of benzene rings is 1. The highest BCUT2D eigenvalue weighted by molar-refractivity contribution is 9.10. The molecule has 0 radical (unpaired) electrons. The number of halogens is 2. The van der Waals surface area contributed by atoms with Crippen molar-refractivity contribution < 1.29 is 4.39 Å². The van der Waals surface area contributed by atoms with Crippen molar-refractivity contribution >= 4 is 44.7 Å². The first-order valence-electron chi connectivity index (χ1n) is 7.63. The van der Waals surface area contributed by atoms with E-state index < -0.39 is 0 Å². The van der Waals surface area contributed by atoms with Crippen molar-refractivity contribution in [3.8, 4) is 0 Å². The van der Waals surface area contributed by atoms with Gasteiger partial charge in [-0.2, -0.15) is 0 Å². The predicted octanol–water partition coefficient (Wildman–Crippen LogP) is 4.25. The number of nitrogens with two attached hydrogens (primary N) is 1. The van der Waals surface area contributed by atoms with Gasteiger partial charge in [0.1, 0.15) is 11.3 Å². The average Bonchev–Trinajstić information content (AvgIpc) is 2.94. The van der Waals surface area contributed by atoms with Crippen molar-refractivity contribution in [2.24, 2.45) is 0 Å². The van der Waals surface area contributed by atoms with Crippen LogP contribution in [-0.4, -0.2) is 25.3 Å². The third-order valence-electron chi connectivity index (χ3n) is 3.56. The number of hydrogen-bond acceptors (Lipinski definition) is 5. The molecule has 8 heteroatoms. The van der Waals surface area contributed by atoms with Crippen LogP contribution in [-0.2, 0) is 6.54 Å². The number of aromatic nitrogens is 4. The summed E-state index contributed by atoms with van der Waals surface area (Å²) in [5.41, 5.74) is 7.74. The number of imidazole rings is 1. The Bertz CT molecular complexity index is 867. The van der Waals surface area contributed by atoms with E-state index in [-0.39, 0.29) is 5.82 Å². The molecule has 0 atom stereocenters. The standard InChI is InChI=1S/C16H17BrFN5S/c1-2-3-6-24-16-21-14(19)13-15(22-16)23(9-20-13)8-10-4-5-11(17)7-12(10)18/h4-5,7,9H,2-3,6,8H2,1H3,(H2,19,21,22). The summed E-state index contributed by atoms with van der Waals surface area (Å²) in [7, 11) is 0. The molecule has 2 heterocycles. The van der Waals surface area contributed by atoms with Crippen LogP contribution in [0.25, 0.3) is 11.2 Å². The van der Waals surface area contributed by atoms with E-state index in [4.69, 9.17) is 5.73 Å². The van der Waals surface area contributed by atoms with Crippen molar-refractivity contribution in [2.45, 2.75) is 31.5 Å². The lowest BCUT2D eigenvalue weighted by atomic mass is 10.2. The monoisotopic (exact) mass is 409 g/mol. The second-order valence-electron chi connectivity index (χ2n) is 5.37. The summed E-state index contributed by atoms with van der Waals surface area (Å²) >= 11 is 4.84. The topological polar surface area (TPSA) is 69.6 Å². The number of nitrogens with zero attached hydrogens (tertiary/aromatic N) is 4. The Balaban J connectivity index is 1.93. The van der Waals surface area contributed by atoms with E-state index in [2.05, 4.69) is 37.8 Å². The van der Waals surface area contributed by atoms with Gasteiger partial charge in [0.15, 0.2) is 16.6 Å². The first kappa shape index (κ1) is 17.2. The normalized spacial score (nSPS) is 11.3. The lowest BCUT2D eigenvalue weighted by molar-refractivity contribution is 0.600. The van der Waals surface area contributed by atoms with Crippen LogP contribution in [0.3, 0.4) is 0 Å². The van der Waals surface area contributed by atoms with Crippen molar-refractivity contribution in [1.82, 2.24) is 19.5 Å². The lowest BCUT2D eigenvalue weighted by Gasteiger charge is -2.07. The van der Waals surface area contributed by atoms with Crippen LogP contribution in [0.4, 0.5) is 10.2 Å². The maximum absolute atomic E-state index is 14.1. The molecule has 2 N–H and O–H groups in total. The molecule has 0 bridgehead atoms. The summed E-state index contributed by atoms with van der Waals surface area (Å²) in [5.74, 6) is 1.02. The van der Waals surface area contributed by atoms with E-state index in [0.717, 1.165) is 18.6 Å². The Hall–Kier alpha value is -1.67. The molecule has 3 aromatic rings. The van der Waals surface area contributed by atoms with E-state index in [9.17, 15) is 4.39 Å². The van der Waals surface area contributed by atoms with E-state index in [0.29, 0.717) is 38.7 Å². The molecule has 5 nitrogen and oxygen atoms in total. The highest BCUT2D eigenvalue weighted by Crippen LogP contribution is 2.24. The number of nitrogen functional groups attached to an aromatic ring is 1. The Morgan fingerprint density at radius 2 is 2.17 bits per heavy atom. The zero-order chi connectivity index (χ0) is 17.1. The fourth-order valence-electron chi connectivity index (χ4n) is 2.27. The maximum atomic E-state index is 14.1. The number of hydrogen-bond donors (Lipinski definition) is 1. The molecule has 1 aromatic carbocycles. The number of rotatable bonds is 6. The Labute approximate surface area is 152 Å². The van der Waals surface area contributed by atoms with Crippen LogP contribution in [0.15, 0.2) is 34.2 Å². The molecule has 0 saturated heterocycles. The van der Waals surface area contributed by atoms with Crippen molar-refractivity contribution in [1.29, 1.82) is 0 Å². The summed E-state index contributed by atoms with van der Waals surface area (Å²) in [4.78, 5) is 13.1. The molecule has 0 amide bonds. The molecule has 0 unspecified atom stereocenters. The molecule has 0 aliphatic rings. The highest BCUT2D eigenvalue weighted by Gasteiger charge is 2.13. The van der Waals surface area contributed by atoms with Crippen LogP contribution >= 0.6 is 27.7 Å². The molecule has 2 aromatic heterocycles. The van der Waals surface area contributed by atoms with Gasteiger partial charge in [-0.15, -0.1) is 0 Å². The van der Waals surface area contributed by atoms with Crippen LogP contribution in [0.5, 0.6) is 0 Å². The highest BCUT2D eigenvalue weighted by atomic mass is 79.9. The summed E-state index contributed by atoms with van der Waals surface area (Å²) in [6, 6.07) is 5.00. The minimum absolute atomic E-state index is 0.272. The van der Waals surface area contributed by atoms with Gasteiger partial charge in [-0.05, 0) is 18.6 Å². The average molecular weight is 410 g/mol. The summed E-state index contributed by atoms with van der Waals surface area (Å²) in [6.45, 7) is 2.48. The van der Waals surface area contributed by atoms with Gasteiger partial charge in [0.05, 0.1) is 12.9 Å². The minimum Gasteiger partial charge on any atom is -0.382 e. The molecule has 3 rings (SSSR count). The minimum atomic E-state index is -0.272. The largest absolute Gasteiger partial charge is 0.382 e. The summed E-state index contributed by atoms with van der Waals surface area (Å²) in [5, 5.41) is 0.631. The maximum Gasteiger partial charge on any atom is 0.191 e. The second-order valence-corrected chi connectivity index (χ2v) is 7.35. The second kappa shape index (κ2) is 7.48. The zero-order valence-corrected chi connectivity index (χ0v) is 15.6. The molecule has 0 aliphatic heterocycles. The number of anilines is 1. The number of unbranched alkanes of at least 4 members (excludes halogenated alkanes) is 1. The molecular formula is C16H17BrFN5S. The zero-order valence-electron chi connectivity index (χ0n) is 13.2. The molecule has 0 saturated carbocycles. The Morgan fingerprint density at radius 3 is 2.92 bits per heavy atom. The fraction of sp³-hybridized carbons (Fsp3) is 0.312. The van der Waals surface area contributed by atoms with Gasteiger partial charge in [0.25, 0.3) is 0 Å². The Kier molecular flexibility index (Phi) is 5.35. The molecule has 24 heavy (non-hydrogen) atoms. The first-order valence-corrected chi connectivity index (χ1v) is 9.41. The van der Waals surface area contributed by atoms with Crippen molar-refractivity contribution in [2.75, 3.05) is 11.5 Å². The Morgan fingerprint density at radius 1 is 1.33 bits per heavy atom. The fourth-order valence-corrected chi connectivity index (χ4v) is 3.53. The van der Waals surface area contributed by atoms with Crippen LogP contribution < -0.4 is 5.73 Å².